The van der Waals surface area contributed by atoms with E-state index in [2.05, 4.69) is 10.3 Å². The molecular formula is C22H22FN3O2. The van der Waals surface area contributed by atoms with Gasteiger partial charge in [0.1, 0.15) is 11.6 Å². The second kappa shape index (κ2) is 9.50. The van der Waals surface area contributed by atoms with E-state index in [1.54, 1.807) is 12.3 Å². The Kier molecular flexibility index (Phi) is 6.57. The Labute approximate surface area is 163 Å². The van der Waals surface area contributed by atoms with Gasteiger partial charge in [-0.15, -0.1) is 0 Å². The standard InChI is InChI=1S/C22H22FN3O2/c1-2-26(19-6-4-3-5-7-19)16-21(27)24-14-17-8-13-22(25-15-17)28-20-11-9-18(23)10-12-20/h3-13,15H,2,14,16H2,1H3,(H,24,27). The van der Waals surface area contributed by atoms with Crippen LogP contribution in [0.15, 0.2) is 72.9 Å². The molecule has 3 rings (SSSR count). The fourth-order valence-corrected chi connectivity index (χ4v) is 2.65. The third-order valence-electron chi connectivity index (χ3n) is 4.16. The number of aromatic nitrogens is 1. The number of anilines is 1. The number of ether oxygens (including phenoxy) is 1. The summed E-state index contributed by atoms with van der Waals surface area (Å²) in [5, 5.41) is 2.91. The fourth-order valence-electron chi connectivity index (χ4n) is 2.65. The lowest BCUT2D eigenvalue weighted by Gasteiger charge is -2.22. The van der Waals surface area contributed by atoms with Crippen LogP contribution in [0.3, 0.4) is 0 Å². The highest BCUT2D eigenvalue weighted by molar-refractivity contribution is 5.81. The Morgan fingerprint density at radius 2 is 1.82 bits per heavy atom. The number of para-hydroxylation sites is 1. The molecule has 2 aromatic carbocycles. The third-order valence-corrected chi connectivity index (χ3v) is 4.16. The van der Waals surface area contributed by atoms with E-state index in [1.165, 1.54) is 24.3 Å². The minimum absolute atomic E-state index is 0.0580. The molecule has 3 aromatic rings. The maximum Gasteiger partial charge on any atom is 0.239 e. The molecule has 0 fully saturated rings. The summed E-state index contributed by atoms with van der Waals surface area (Å²) < 4.78 is 18.5. The quantitative estimate of drug-likeness (QED) is 0.639. The summed E-state index contributed by atoms with van der Waals surface area (Å²) in [5.74, 6) is 0.538. The number of carbonyl (C=O) groups is 1. The SMILES string of the molecule is CCN(CC(=O)NCc1ccc(Oc2ccc(F)cc2)nc1)c1ccccc1. The topological polar surface area (TPSA) is 54.5 Å². The highest BCUT2D eigenvalue weighted by Gasteiger charge is 2.09. The minimum Gasteiger partial charge on any atom is -0.439 e. The van der Waals surface area contributed by atoms with Crippen molar-refractivity contribution in [3.8, 4) is 11.6 Å². The lowest BCUT2D eigenvalue weighted by Crippen LogP contribution is -2.36. The summed E-state index contributed by atoms with van der Waals surface area (Å²) in [5.41, 5.74) is 1.88. The van der Waals surface area contributed by atoms with Gasteiger partial charge < -0.3 is 15.0 Å². The molecule has 0 saturated carbocycles. The first kappa shape index (κ1) is 19.4. The smallest absolute Gasteiger partial charge is 0.239 e. The van der Waals surface area contributed by atoms with Gasteiger partial charge in [-0.05, 0) is 48.9 Å². The molecule has 28 heavy (non-hydrogen) atoms. The number of carbonyl (C=O) groups excluding carboxylic acids is 1. The maximum atomic E-state index is 12.9. The summed E-state index contributed by atoms with van der Waals surface area (Å²) in [7, 11) is 0. The van der Waals surface area contributed by atoms with Crippen molar-refractivity contribution in [3.05, 3.63) is 84.3 Å². The van der Waals surface area contributed by atoms with E-state index < -0.39 is 0 Å². The molecule has 1 amide bonds. The number of amides is 1. The van der Waals surface area contributed by atoms with Crippen molar-refractivity contribution >= 4 is 11.6 Å². The molecule has 0 unspecified atom stereocenters. The first-order valence-electron chi connectivity index (χ1n) is 9.09. The average molecular weight is 379 g/mol. The van der Waals surface area contributed by atoms with Gasteiger partial charge in [-0.1, -0.05) is 24.3 Å². The number of benzene rings is 2. The van der Waals surface area contributed by atoms with Crippen molar-refractivity contribution in [2.45, 2.75) is 13.5 Å². The average Bonchev–Trinajstić information content (AvgIpc) is 2.74. The van der Waals surface area contributed by atoms with Gasteiger partial charge in [0.2, 0.25) is 11.8 Å². The molecule has 0 aliphatic heterocycles. The Hall–Kier alpha value is -3.41. The van der Waals surface area contributed by atoms with Gasteiger partial charge >= 0.3 is 0 Å². The Morgan fingerprint density at radius 1 is 1.07 bits per heavy atom. The van der Waals surface area contributed by atoms with Crippen molar-refractivity contribution in [1.29, 1.82) is 0 Å². The Bertz CT molecular complexity index is 884. The van der Waals surface area contributed by atoms with Crippen LogP contribution in [0.1, 0.15) is 12.5 Å². The highest BCUT2D eigenvalue weighted by Crippen LogP contribution is 2.19. The van der Waals surface area contributed by atoms with Gasteiger partial charge in [0.25, 0.3) is 0 Å². The van der Waals surface area contributed by atoms with E-state index in [0.29, 0.717) is 24.7 Å². The van der Waals surface area contributed by atoms with E-state index in [0.717, 1.165) is 17.8 Å². The zero-order valence-electron chi connectivity index (χ0n) is 15.6. The van der Waals surface area contributed by atoms with E-state index in [9.17, 15) is 9.18 Å². The summed E-state index contributed by atoms with van der Waals surface area (Å²) in [4.78, 5) is 18.5. The van der Waals surface area contributed by atoms with Crippen LogP contribution in [0.2, 0.25) is 0 Å². The second-order valence-corrected chi connectivity index (χ2v) is 6.19. The lowest BCUT2D eigenvalue weighted by atomic mass is 10.2. The van der Waals surface area contributed by atoms with Gasteiger partial charge in [0.15, 0.2) is 0 Å². The molecule has 0 radical (unpaired) electrons. The number of hydrogen-bond donors (Lipinski definition) is 1. The van der Waals surface area contributed by atoms with Gasteiger partial charge in [-0.2, -0.15) is 0 Å². The van der Waals surface area contributed by atoms with Gasteiger partial charge in [0.05, 0.1) is 6.54 Å². The first-order valence-corrected chi connectivity index (χ1v) is 9.09. The van der Waals surface area contributed by atoms with Crippen LogP contribution in [-0.2, 0) is 11.3 Å². The summed E-state index contributed by atoms with van der Waals surface area (Å²) in [6.07, 6.45) is 1.65. The zero-order chi connectivity index (χ0) is 19.8. The van der Waals surface area contributed by atoms with Crippen molar-refractivity contribution in [3.63, 3.8) is 0 Å². The number of likely N-dealkylation sites (N-methyl/N-ethyl adjacent to an activating group) is 1. The molecule has 6 heteroatoms. The molecule has 144 valence electrons. The van der Waals surface area contributed by atoms with Crippen LogP contribution in [0.4, 0.5) is 10.1 Å². The van der Waals surface area contributed by atoms with E-state index in [-0.39, 0.29) is 11.7 Å². The minimum atomic E-state index is -0.319. The number of nitrogens with one attached hydrogen (secondary N) is 1. The second-order valence-electron chi connectivity index (χ2n) is 6.19. The van der Waals surface area contributed by atoms with Crippen LogP contribution in [-0.4, -0.2) is 24.0 Å². The van der Waals surface area contributed by atoms with Gasteiger partial charge in [-0.25, -0.2) is 9.37 Å². The van der Waals surface area contributed by atoms with E-state index in [4.69, 9.17) is 4.74 Å². The molecule has 0 atom stereocenters. The molecule has 0 aliphatic carbocycles. The number of nitrogens with zero attached hydrogens (tertiary/aromatic N) is 2. The Morgan fingerprint density at radius 3 is 2.46 bits per heavy atom. The number of hydrogen-bond acceptors (Lipinski definition) is 4. The van der Waals surface area contributed by atoms with Gasteiger partial charge in [0, 0.05) is 31.0 Å². The lowest BCUT2D eigenvalue weighted by molar-refractivity contribution is -0.119. The molecular weight excluding hydrogens is 357 g/mol. The molecule has 1 N–H and O–H groups in total. The molecule has 0 bridgehead atoms. The zero-order valence-corrected chi connectivity index (χ0v) is 15.6. The fraction of sp³-hybridized carbons (Fsp3) is 0.182. The van der Waals surface area contributed by atoms with E-state index in [1.807, 2.05) is 48.2 Å². The van der Waals surface area contributed by atoms with Crippen LogP contribution in [0.5, 0.6) is 11.6 Å². The predicted molar refractivity (Wildman–Crippen MR) is 107 cm³/mol. The predicted octanol–water partition coefficient (Wildman–Crippen LogP) is 4.16. The molecule has 0 aliphatic rings. The molecule has 0 saturated heterocycles. The number of halogens is 1. The Balaban J connectivity index is 1.50. The van der Waals surface area contributed by atoms with Crippen LogP contribution >= 0.6 is 0 Å². The highest BCUT2D eigenvalue weighted by atomic mass is 19.1. The summed E-state index contributed by atoms with van der Waals surface area (Å²) >= 11 is 0. The number of pyridine rings is 1. The third kappa shape index (κ3) is 5.54. The monoisotopic (exact) mass is 379 g/mol. The van der Waals surface area contributed by atoms with Crippen molar-refractivity contribution in [1.82, 2.24) is 10.3 Å². The van der Waals surface area contributed by atoms with Crippen molar-refractivity contribution in [2.24, 2.45) is 0 Å². The summed E-state index contributed by atoms with van der Waals surface area (Å²) in [6, 6.07) is 19.1. The maximum absolute atomic E-state index is 12.9. The van der Waals surface area contributed by atoms with Gasteiger partial charge in [-0.3, -0.25) is 4.79 Å². The first-order chi connectivity index (χ1) is 13.6. The molecule has 0 spiro atoms. The van der Waals surface area contributed by atoms with Crippen LogP contribution in [0, 0.1) is 5.82 Å². The van der Waals surface area contributed by atoms with Crippen LogP contribution in [0.25, 0.3) is 0 Å². The van der Waals surface area contributed by atoms with E-state index >= 15 is 0 Å². The normalized spacial score (nSPS) is 10.4. The van der Waals surface area contributed by atoms with Crippen molar-refractivity contribution in [2.75, 3.05) is 18.0 Å². The van der Waals surface area contributed by atoms with Crippen molar-refractivity contribution < 1.29 is 13.9 Å². The van der Waals surface area contributed by atoms with Crippen LogP contribution < -0.4 is 15.0 Å². The summed E-state index contributed by atoms with van der Waals surface area (Å²) in [6.45, 7) is 3.44. The molecule has 5 nitrogen and oxygen atoms in total. The molecule has 1 heterocycles. The largest absolute Gasteiger partial charge is 0.439 e. The molecule has 1 aromatic heterocycles. The number of rotatable bonds is 8.